The molecule has 0 aliphatic carbocycles. The van der Waals surface area contributed by atoms with Gasteiger partial charge in [-0.15, -0.1) is 0 Å². The Morgan fingerprint density at radius 2 is 2.00 bits per heavy atom. The summed E-state index contributed by atoms with van der Waals surface area (Å²) < 4.78 is 15.9. The van der Waals surface area contributed by atoms with Crippen molar-refractivity contribution in [3.63, 3.8) is 0 Å². The molecule has 1 amide bonds. The lowest BCUT2D eigenvalue weighted by atomic mass is 10.1. The van der Waals surface area contributed by atoms with Crippen LogP contribution in [0.3, 0.4) is 0 Å². The number of hydrogen-bond acceptors (Lipinski definition) is 5. The van der Waals surface area contributed by atoms with E-state index in [4.69, 9.17) is 19.3 Å². The van der Waals surface area contributed by atoms with Gasteiger partial charge in [0.05, 0.1) is 0 Å². The molecule has 0 fully saturated rings. The second-order valence-electron chi connectivity index (χ2n) is 4.49. The molecule has 1 aromatic rings. The topological polar surface area (TPSA) is 85.3 Å². The van der Waals surface area contributed by atoms with Gasteiger partial charge in [-0.3, -0.25) is 4.79 Å². The van der Waals surface area contributed by atoms with Crippen molar-refractivity contribution < 1.29 is 28.9 Å². The number of carbonyl (C=O) groups is 2. The van der Waals surface area contributed by atoms with E-state index in [2.05, 4.69) is 0 Å². The van der Waals surface area contributed by atoms with Crippen LogP contribution in [-0.4, -0.2) is 49.4 Å². The average molecular weight is 293 g/mol. The molecule has 0 aromatic heterocycles. The van der Waals surface area contributed by atoms with Crippen molar-refractivity contribution in [2.45, 2.75) is 0 Å². The molecule has 0 atom stereocenters. The normalized spacial score (nSPS) is 12.5. The summed E-state index contributed by atoms with van der Waals surface area (Å²) in [5.74, 6) is 0.0665. The number of carboxylic acid groups (broad SMARTS) is 1. The molecule has 7 heteroatoms. The summed E-state index contributed by atoms with van der Waals surface area (Å²) in [6.07, 6.45) is 2.36. The number of carboxylic acids is 1. The van der Waals surface area contributed by atoms with Crippen LogP contribution >= 0.6 is 0 Å². The number of aliphatic carboxylic acids is 1. The van der Waals surface area contributed by atoms with Crippen LogP contribution in [0.4, 0.5) is 0 Å². The summed E-state index contributed by atoms with van der Waals surface area (Å²) in [7, 11) is 3.24. The predicted octanol–water partition coefficient (Wildman–Crippen LogP) is 0.980. The molecule has 7 nitrogen and oxygen atoms in total. The largest absolute Gasteiger partial charge is 0.483 e. The van der Waals surface area contributed by atoms with E-state index in [1.807, 2.05) is 0 Å². The van der Waals surface area contributed by atoms with Crippen molar-refractivity contribution >= 4 is 18.0 Å². The first kappa shape index (κ1) is 14.7. The Kier molecular flexibility index (Phi) is 4.32. The van der Waals surface area contributed by atoms with E-state index in [0.717, 1.165) is 6.08 Å². The Balaban J connectivity index is 2.24. The standard InChI is InChI=1S/C14H15NO6/c1-15(2)13(16)7-19-10-6-12-11(20-8-21-12)5-9(10)3-4-14(17)18/h3-6H,7-8H2,1-2H3,(H,17,18). The van der Waals surface area contributed by atoms with E-state index in [0.29, 0.717) is 22.8 Å². The fourth-order valence-corrected chi connectivity index (χ4v) is 1.62. The monoisotopic (exact) mass is 293 g/mol. The summed E-state index contributed by atoms with van der Waals surface area (Å²) >= 11 is 0. The SMILES string of the molecule is CN(C)C(=O)COc1cc2c(cc1C=CC(=O)O)OCO2. The molecule has 0 unspecified atom stereocenters. The van der Waals surface area contributed by atoms with Crippen molar-refractivity contribution in [3.05, 3.63) is 23.8 Å². The molecule has 0 radical (unpaired) electrons. The fourth-order valence-electron chi connectivity index (χ4n) is 1.62. The van der Waals surface area contributed by atoms with E-state index >= 15 is 0 Å². The first-order chi connectivity index (χ1) is 9.97. The van der Waals surface area contributed by atoms with Gasteiger partial charge in [0, 0.05) is 31.8 Å². The van der Waals surface area contributed by atoms with Crippen LogP contribution in [0.1, 0.15) is 5.56 Å². The van der Waals surface area contributed by atoms with E-state index < -0.39 is 5.97 Å². The lowest BCUT2D eigenvalue weighted by Crippen LogP contribution is -2.27. The number of likely N-dealkylation sites (N-methyl/N-ethyl adjacent to an activating group) is 1. The van der Waals surface area contributed by atoms with Gasteiger partial charge in [-0.2, -0.15) is 0 Å². The Hall–Kier alpha value is -2.70. The molecule has 1 aromatic carbocycles. The highest BCUT2D eigenvalue weighted by Crippen LogP contribution is 2.38. The van der Waals surface area contributed by atoms with Crippen LogP contribution in [0.5, 0.6) is 17.2 Å². The van der Waals surface area contributed by atoms with Gasteiger partial charge < -0.3 is 24.2 Å². The molecule has 1 aliphatic rings. The molecule has 0 saturated heterocycles. The second kappa shape index (κ2) is 6.17. The highest BCUT2D eigenvalue weighted by atomic mass is 16.7. The van der Waals surface area contributed by atoms with Crippen molar-refractivity contribution in [2.75, 3.05) is 27.5 Å². The van der Waals surface area contributed by atoms with Crippen LogP contribution < -0.4 is 14.2 Å². The molecule has 21 heavy (non-hydrogen) atoms. The number of carbonyl (C=O) groups excluding carboxylic acids is 1. The zero-order valence-electron chi connectivity index (χ0n) is 11.7. The number of fused-ring (bicyclic) bond motifs is 1. The quantitative estimate of drug-likeness (QED) is 0.815. The van der Waals surface area contributed by atoms with Crippen molar-refractivity contribution in [1.82, 2.24) is 4.90 Å². The summed E-state index contributed by atoms with van der Waals surface area (Å²) in [5.41, 5.74) is 0.494. The summed E-state index contributed by atoms with van der Waals surface area (Å²) in [5, 5.41) is 8.71. The zero-order chi connectivity index (χ0) is 15.4. The maximum atomic E-state index is 11.6. The van der Waals surface area contributed by atoms with Crippen LogP contribution in [0.25, 0.3) is 6.08 Å². The molecule has 1 heterocycles. The van der Waals surface area contributed by atoms with Gasteiger partial charge in [0.2, 0.25) is 6.79 Å². The molecule has 0 saturated carbocycles. The van der Waals surface area contributed by atoms with Crippen LogP contribution in [0.15, 0.2) is 18.2 Å². The van der Waals surface area contributed by atoms with Crippen molar-refractivity contribution in [3.8, 4) is 17.2 Å². The van der Waals surface area contributed by atoms with Gasteiger partial charge in [-0.25, -0.2) is 4.79 Å². The molecular formula is C14H15NO6. The molecule has 1 N–H and O–H groups in total. The molecule has 0 spiro atoms. The minimum absolute atomic E-state index is 0.0947. The Morgan fingerprint density at radius 1 is 1.33 bits per heavy atom. The number of nitrogens with zero attached hydrogens (tertiary/aromatic N) is 1. The highest BCUT2D eigenvalue weighted by molar-refractivity contribution is 5.86. The zero-order valence-corrected chi connectivity index (χ0v) is 11.7. The Morgan fingerprint density at radius 3 is 2.62 bits per heavy atom. The fraction of sp³-hybridized carbons (Fsp3) is 0.286. The van der Waals surface area contributed by atoms with Gasteiger partial charge in [0.15, 0.2) is 18.1 Å². The maximum absolute atomic E-state index is 11.6. The Labute approximate surface area is 121 Å². The summed E-state index contributed by atoms with van der Waals surface area (Å²) in [6, 6.07) is 3.18. The first-order valence-corrected chi connectivity index (χ1v) is 6.15. The van der Waals surface area contributed by atoms with Gasteiger partial charge in [0.1, 0.15) is 5.75 Å². The molecule has 2 rings (SSSR count). The van der Waals surface area contributed by atoms with Gasteiger partial charge in [-0.05, 0) is 12.1 Å². The summed E-state index contributed by atoms with van der Waals surface area (Å²) in [4.78, 5) is 23.6. The van der Waals surface area contributed by atoms with E-state index in [9.17, 15) is 9.59 Å². The minimum Gasteiger partial charge on any atom is -0.483 e. The Bertz CT molecular complexity index is 593. The molecule has 112 valence electrons. The number of ether oxygens (including phenoxy) is 3. The van der Waals surface area contributed by atoms with Crippen molar-refractivity contribution in [1.29, 1.82) is 0 Å². The summed E-state index contributed by atoms with van der Waals surface area (Å²) in [6.45, 7) is -0.0575. The third kappa shape index (κ3) is 3.65. The van der Waals surface area contributed by atoms with Crippen LogP contribution in [-0.2, 0) is 9.59 Å². The minimum atomic E-state index is -1.08. The van der Waals surface area contributed by atoms with Gasteiger partial charge in [0.25, 0.3) is 5.91 Å². The third-order valence-electron chi connectivity index (χ3n) is 2.76. The number of hydrogen-bond donors (Lipinski definition) is 1. The maximum Gasteiger partial charge on any atom is 0.328 e. The van der Waals surface area contributed by atoms with Gasteiger partial charge >= 0.3 is 5.97 Å². The van der Waals surface area contributed by atoms with Crippen LogP contribution in [0.2, 0.25) is 0 Å². The van der Waals surface area contributed by atoms with Crippen LogP contribution in [0, 0.1) is 0 Å². The number of amides is 1. The molecule has 0 bridgehead atoms. The molecule has 1 aliphatic heterocycles. The highest BCUT2D eigenvalue weighted by Gasteiger charge is 2.18. The average Bonchev–Trinajstić information content (AvgIpc) is 2.88. The first-order valence-electron chi connectivity index (χ1n) is 6.15. The van der Waals surface area contributed by atoms with E-state index in [1.54, 1.807) is 26.2 Å². The number of rotatable bonds is 5. The number of benzene rings is 1. The third-order valence-corrected chi connectivity index (χ3v) is 2.76. The van der Waals surface area contributed by atoms with E-state index in [1.165, 1.54) is 11.0 Å². The van der Waals surface area contributed by atoms with Gasteiger partial charge in [-0.1, -0.05) is 0 Å². The smallest absolute Gasteiger partial charge is 0.328 e. The predicted molar refractivity (Wildman–Crippen MR) is 73.4 cm³/mol. The lowest BCUT2D eigenvalue weighted by Gasteiger charge is -2.13. The second-order valence-corrected chi connectivity index (χ2v) is 4.49. The van der Waals surface area contributed by atoms with Crippen molar-refractivity contribution in [2.24, 2.45) is 0 Å². The molecular weight excluding hydrogens is 278 g/mol. The van der Waals surface area contributed by atoms with E-state index in [-0.39, 0.29) is 19.3 Å². The lowest BCUT2D eigenvalue weighted by molar-refractivity contribution is -0.132.